The summed E-state index contributed by atoms with van der Waals surface area (Å²) in [5.74, 6) is -1.18. The molecule has 0 aromatic heterocycles. The number of hydrazone groups is 1. The standard InChI is InChI=1S/C17H11F3N4O6/c18-17(19,20)14-9-16(26,11-2-1-3-13(8-11)24(29)30)22(21-14)15(25)10-4-6-12(7-5-10)23(27)28/h1-8,26H,9H2. The lowest BCUT2D eigenvalue weighted by Crippen LogP contribution is -2.43. The molecular weight excluding hydrogens is 413 g/mol. The molecule has 0 spiro atoms. The van der Waals surface area contributed by atoms with E-state index in [4.69, 9.17) is 0 Å². The van der Waals surface area contributed by atoms with Crippen molar-refractivity contribution in [2.75, 3.05) is 0 Å². The van der Waals surface area contributed by atoms with Crippen LogP contribution in [0.15, 0.2) is 53.6 Å². The Bertz CT molecular complexity index is 1070. The second-order valence-corrected chi connectivity index (χ2v) is 6.27. The zero-order valence-corrected chi connectivity index (χ0v) is 14.7. The summed E-state index contributed by atoms with van der Waals surface area (Å²) < 4.78 is 39.7. The molecule has 0 bridgehead atoms. The van der Waals surface area contributed by atoms with Crippen LogP contribution in [0.25, 0.3) is 0 Å². The minimum absolute atomic E-state index is 0.177. The quantitative estimate of drug-likeness (QED) is 0.591. The third kappa shape index (κ3) is 3.69. The summed E-state index contributed by atoms with van der Waals surface area (Å²) in [5, 5.41) is 36.1. The smallest absolute Gasteiger partial charge is 0.365 e. The van der Waals surface area contributed by atoms with Crippen molar-refractivity contribution < 1.29 is 32.9 Å². The molecular formula is C17H11F3N4O6. The molecule has 156 valence electrons. The maximum atomic E-state index is 13.2. The van der Waals surface area contributed by atoms with Crippen LogP contribution in [0.1, 0.15) is 22.3 Å². The highest BCUT2D eigenvalue weighted by atomic mass is 19.4. The van der Waals surface area contributed by atoms with Crippen molar-refractivity contribution in [3.8, 4) is 0 Å². The van der Waals surface area contributed by atoms with Crippen molar-refractivity contribution in [1.29, 1.82) is 0 Å². The number of benzene rings is 2. The average molecular weight is 424 g/mol. The minimum atomic E-state index is -4.97. The van der Waals surface area contributed by atoms with Gasteiger partial charge in [-0.25, -0.2) is 0 Å². The van der Waals surface area contributed by atoms with Crippen molar-refractivity contribution in [2.24, 2.45) is 5.10 Å². The fourth-order valence-corrected chi connectivity index (χ4v) is 2.86. The van der Waals surface area contributed by atoms with E-state index in [0.717, 1.165) is 48.5 Å². The second-order valence-electron chi connectivity index (χ2n) is 6.27. The Morgan fingerprint density at radius 2 is 1.67 bits per heavy atom. The number of hydrogen-bond acceptors (Lipinski definition) is 7. The van der Waals surface area contributed by atoms with E-state index < -0.39 is 45.5 Å². The third-order valence-electron chi connectivity index (χ3n) is 4.35. The maximum Gasteiger partial charge on any atom is 0.431 e. The van der Waals surface area contributed by atoms with Gasteiger partial charge in [-0.05, 0) is 12.1 Å². The lowest BCUT2D eigenvalue weighted by Gasteiger charge is -2.31. The molecule has 1 aliphatic rings. The highest BCUT2D eigenvalue weighted by Crippen LogP contribution is 2.41. The Hall–Kier alpha value is -3.87. The fraction of sp³-hybridized carbons (Fsp3) is 0.176. The van der Waals surface area contributed by atoms with Gasteiger partial charge in [0, 0.05) is 35.4 Å². The first-order valence-corrected chi connectivity index (χ1v) is 8.14. The molecule has 30 heavy (non-hydrogen) atoms. The van der Waals surface area contributed by atoms with Gasteiger partial charge in [0.25, 0.3) is 17.3 Å². The number of carbonyl (C=O) groups is 1. The highest BCUT2D eigenvalue weighted by molar-refractivity contribution is 6.00. The summed E-state index contributed by atoms with van der Waals surface area (Å²) in [6.45, 7) is 0. The molecule has 0 radical (unpaired) electrons. The molecule has 3 rings (SSSR count). The predicted molar refractivity (Wildman–Crippen MR) is 94.4 cm³/mol. The van der Waals surface area contributed by atoms with Crippen LogP contribution in [0.4, 0.5) is 24.5 Å². The molecule has 2 aromatic carbocycles. The summed E-state index contributed by atoms with van der Waals surface area (Å²) in [6, 6.07) is 8.09. The van der Waals surface area contributed by atoms with Crippen LogP contribution in [0, 0.1) is 20.2 Å². The van der Waals surface area contributed by atoms with Gasteiger partial charge in [-0.3, -0.25) is 25.0 Å². The van der Waals surface area contributed by atoms with E-state index in [1.54, 1.807) is 0 Å². The molecule has 1 heterocycles. The first kappa shape index (κ1) is 20.9. The summed E-state index contributed by atoms with van der Waals surface area (Å²) in [5.41, 5.74) is -5.63. The number of nitro groups is 2. The predicted octanol–water partition coefficient (Wildman–Crippen LogP) is 3.11. The normalized spacial score (nSPS) is 18.8. The molecule has 0 aliphatic carbocycles. The number of hydrogen-bond donors (Lipinski definition) is 1. The van der Waals surface area contributed by atoms with Gasteiger partial charge < -0.3 is 5.11 Å². The van der Waals surface area contributed by atoms with Gasteiger partial charge >= 0.3 is 6.18 Å². The molecule has 1 N–H and O–H groups in total. The molecule has 0 saturated carbocycles. The van der Waals surface area contributed by atoms with Crippen LogP contribution < -0.4 is 0 Å². The van der Waals surface area contributed by atoms with E-state index in [0.29, 0.717) is 0 Å². The summed E-state index contributed by atoms with van der Waals surface area (Å²) in [6.07, 6.45) is -6.13. The van der Waals surface area contributed by atoms with E-state index >= 15 is 0 Å². The number of nitrogens with zero attached hydrogens (tertiary/aromatic N) is 4. The number of carbonyl (C=O) groups excluding carboxylic acids is 1. The Labute approximate surface area is 165 Å². The lowest BCUT2D eigenvalue weighted by molar-refractivity contribution is -0.385. The number of amides is 1. The Balaban J connectivity index is 2.08. The monoisotopic (exact) mass is 424 g/mol. The van der Waals surface area contributed by atoms with Crippen LogP contribution in [0.2, 0.25) is 0 Å². The van der Waals surface area contributed by atoms with E-state index in [2.05, 4.69) is 5.10 Å². The van der Waals surface area contributed by atoms with Gasteiger partial charge in [0.05, 0.1) is 16.3 Å². The van der Waals surface area contributed by atoms with Crippen LogP contribution in [-0.2, 0) is 5.72 Å². The van der Waals surface area contributed by atoms with Crippen molar-refractivity contribution in [2.45, 2.75) is 18.3 Å². The Kier molecular flexibility index (Phi) is 4.99. The number of alkyl halides is 3. The van der Waals surface area contributed by atoms with Crippen LogP contribution in [0.3, 0.4) is 0 Å². The largest absolute Gasteiger partial charge is 0.431 e. The first-order chi connectivity index (χ1) is 13.9. The van der Waals surface area contributed by atoms with E-state index in [9.17, 15) is 43.3 Å². The molecule has 2 aromatic rings. The molecule has 0 saturated heterocycles. The van der Waals surface area contributed by atoms with Crippen molar-refractivity contribution in [3.05, 3.63) is 79.9 Å². The van der Waals surface area contributed by atoms with Crippen molar-refractivity contribution in [3.63, 3.8) is 0 Å². The van der Waals surface area contributed by atoms with E-state index in [1.165, 1.54) is 0 Å². The zero-order valence-electron chi connectivity index (χ0n) is 14.7. The van der Waals surface area contributed by atoms with Gasteiger partial charge in [0.2, 0.25) is 0 Å². The highest BCUT2D eigenvalue weighted by Gasteiger charge is 2.53. The first-order valence-electron chi connectivity index (χ1n) is 8.14. The molecule has 13 heteroatoms. The van der Waals surface area contributed by atoms with Gasteiger partial charge in [-0.1, -0.05) is 12.1 Å². The summed E-state index contributed by atoms with van der Waals surface area (Å²) >= 11 is 0. The third-order valence-corrected chi connectivity index (χ3v) is 4.35. The van der Waals surface area contributed by atoms with Crippen LogP contribution in [-0.4, -0.2) is 37.8 Å². The van der Waals surface area contributed by atoms with Gasteiger partial charge in [0.15, 0.2) is 5.72 Å². The van der Waals surface area contributed by atoms with Crippen molar-refractivity contribution >= 4 is 23.0 Å². The van der Waals surface area contributed by atoms with Crippen LogP contribution >= 0.6 is 0 Å². The topological polar surface area (TPSA) is 139 Å². The van der Waals surface area contributed by atoms with E-state index in [1.807, 2.05) is 0 Å². The number of aliphatic hydroxyl groups is 1. The van der Waals surface area contributed by atoms with E-state index in [-0.39, 0.29) is 21.8 Å². The molecule has 1 atom stereocenters. The van der Waals surface area contributed by atoms with Gasteiger partial charge in [-0.2, -0.15) is 23.3 Å². The van der Waals surface area contributed by atoms with Crippen LogP contribution in [0.5, 0.6) is 0 Å². The minimum Gasteiger partial charge on any atom is -0.365 e. The SMILES string of the molecule is O=C(c1ccc([N+](=O)[O-])cc1)N1N=C(C(F)(F)F)CC1(O)c1cccc([N+](=O)[O-])c1. The number of rotatable bonds is 4. The summed E-state index contributed by atoms with van der Waals surface area (Å²) in [4.78, 5) is 33.0. The maximum absolute atomic E-state index is 13.2. The second kappa shape index (κ2) is 7.18. The number of non-ortho nitro benzene ring substituents is 2. The van der Waals surface area contributed by atoms with Gasteiger partial charge in [-0.15, -0.1) is 0 Å². The molecule has 1 aliphatic heterocycles. The van der Waals surface area contributed by atoms with Crippen molar-refractivity contribution in [1.82, 2.24) is 5.01 Å². The molecule has 1 unspecified atom stereocenters. The lowest BCUT2D eigenvalue weighted by atomic mass is 9.96. The summed E-state index contributed by atoms with van der Waals surface area (Å²) in [7, 11) is 0. The molecule has 1 amide bonds. The molecule has 10 nitrogen and oxygen atoms in total. The Morgan fingerprint density at radius 3 is 2.20 bits per heavy atom. The average Bonchev–Trinajstić information content (AvgIpc) is 3.07. The molecule has 0 fully saturated rings. The van der Waals surface area contributed by atoms with Gasteiger partial charge in [0.1, 0.15) is 5.71 Å². The Morgan fingerprint density at radius 1 is 1.07 bits per heavy atom. The zero-order chi connectivity index (χ0) is 22.3. The fourth-order valence-electron chi connectivity index (χ4n) is 2.86. The number of nitro benzene ring substituents is 2. The number of halogens is 3.